The molecule has 1 aliphatic carbocycles. The first kappa shape index (κ1) is 6.48. The van der Waals surface area contributed by atoms with Crippen LogP contribution in [0, 0.1) is 4.91 Å². The lowest BCUT2D eigenvalue weighted by Crippen LogP contribution is -2.19. The van der Waals surface area contributed by atoms with E-state index in [-0.39, 0.29) is 6.10 Å². The molecule has 0 spiro atoms. The Kier molecular flexibility index (Phi) is 2.00. The first-order valence-electron chi connectivity index (χ1n) is 3.01. The molecule has 1 rings (SSSR count). The summed E-state index contributed by atoms with van der Waals surface area (Å²) in [6, 6.07) is 0. The van der Waals surface area contributed by atoms with Crippen LogP contribution in [0.1, 0.15) is 19.3 Å². The fraction of sp³-hybridized carbons (Fsp3) is 1.00. The van der Waals surface area contributed by atoms with E-state index in [0.717, 1.165) is 19.3 Å². The number of nitrogens with zero attached hydrogens (tertiary/aromatic N) is 1. The van der Waals surface area contributed by atoms with Crippen molar-refractivity contribution in [3.05, 3.63) is 4.91 Å². The van der Waals surface area contributed by atoms with Gasteiger partial charge in [-0.2, -0.15) is 0 Å². The number of hydrogen-bond acceptors (Lipinski definition) is 4. The summed E-state index contributed by atoms with van der Waals surface area (Å²) in [6.07, 6.45) is 1.55. The molecule has 1 aliphatic rings. The monoisotopic (exact) mass is 131 g/mol. The Morgan fingerprint density at radius 2 is 2.33 bits per heavy atom. The number of aliphatic hydroxyl groups excluding tert-OH is 1. The molecular formula is C5H9NO3. The van der Waals surface area contributed by atoms with E-state index in [9.17, 15) is 4.91 Å². The van der Waals surface area contributed by atoms with Gasteiger partial charge in [0.05, 0.1) is 6.10 Å². The van der Waals surface area contributed by atoms with Gasteiger partial charge in [-0.15, -0.1) is 4.91 Å². The Morgan fingerprint density at radius 3 is 2.78 bits per heavy atom. The second-order valence-corrected chi connectivity index (χ2v) is 2.22. The average molecular weight is 131 g/mol. The average Bonchev–Trinajstić information content (AvgIpc) is 2.18. The van der Waals surface area contributed by atoms with Crippen LogP contribution in [0.2, 0.25) is 0 Å². The van der Waals surface area contributed by atoms with Crippen LogP contribution in [0.5, 0.6) is 0 Å². The Labute approximate surface area is 52.7 Å². The molecule has 0 aromatic rings. The Bertz CT molecular complexity index is 106. The summed E-state index contributed by atoms with van der Waals surface area (Å²) < 4.78 is 0. The third-order valence-corrected chi connectivity index (χ3v) is 1.60. The zero-order valence-corrected chi connectivity index (χ0v) is 4.99. The van der Waals surface area contributed by atoms with E-state index in [4.69, 9.17) is 5.11 Å². The van der Waals surface area contributed by atoms with Gasteiger partial charge in [0, 0.05) is 0 Å². The van der Waals surface area contributed by atoms with Crippen molar-refractivity contribution in [2.45, 2.75) is 31.5 Å². The minimum Gasteiger partial charge on any atom is -0.389 e. The van der Waals surface area contributed by atoms with Crippen LogP contribution >= 0.6 is 0 Å². The summed E-state index contributed by atoms with van der Waals surface area (Å²) in [5.74, 6) is 0. The maximum absolute atomic E-state index is 9.52. The van der Waals surface area contributed by atoms with E-state index >= 15 is 0 Å². The molecule has 0 aromatic heterocycles. The number of hydrogen-bond donors (Lipinski definition) is 1. The van der Waals surface area contributed by atoms with Crippen molar-refractivity contribution in [1.29, 1.82) is 0 Å². The third-order valence-electron chi connectivity index (χ3n) is 1.60. The highest BCUT2D eigenvalue weighted by Gasteiger charge is 2.27. The SMILES string of the molecule is O=NOC1CCCC1O. The Balaban J connectivity index is 2.30. The number of rotatable bonds is 2. The topological polar surface area (TPSA) is 58.9 Å². The van der Waals surface area contributed by atoms with Gasteiger partial charge in [-0.3, -0.25) is 0 Å². The zero-order valence-electron chi connectivity index (χ0n) is 4.99. The second-order valence-electron chi connectivity index (χ2n) is 2.22. The van der Waals surface area contributed by atoms with Crippen molar-refractivity contribution in [2.24, 2.45) is 5.34 Å². The highest BCUT2D eigenvalue weighted by Crippen LogP contribution is 2.21. The maximum atomic E-state index is 9.52. The molecular weight excluding hydrogens is 122 g/mol. The third kappa shape index (κ3) is 1.38. The van der Waals surface area contributed by atoms with Gasteiger partial charge in [0.2, 0.25) is 0 Å². The lowest BCUT2D eigenvalue weighted by atomic mass is 10.3. The lowest BCUT2D eigenvalue weighted by molar-refractivity contribution is -0.0183. The second kappa shape index (κ2) is 2.77. The van der Waals surface area contributed by atoms with Crippen molar-refractivity contribution in [2.75, 3.05) is 0 Å². The van der Waals surface area contributed by atoms with Crippen molar-refractivity contribution in [1.82, 2.24) is 0 Å². The van der Waals surface area contributed by atoms with E-state index in [2.05, 4.69) is 10.2 Å². The van der Waals surface area contributed by atoms with Crippen LogP contribution in [0.15, 0.2) is 5.34 Å². The fourth-order valence-corrected chi connectivity index (χ4v) is 1.08. The molecule has 1 saturated carbocycles. The van der Waals surface area contributed by atoms with E-state index < -0.39 is 6.10 Å². The maximum Gasteiger partial charge on any atom is 0.156 e. The summed E-state index contributed by atoms with van der Waals surface area (Å²) in [7, 11) is 0. The minimum atomic E-state index is -0.484. The van der Waals surface area contributed by atoms with E-state index in [0.29, 0.717) is 0 Å². The summed E-state index contributed by atoms with van der Waals surface area (Å²) in [5, 5.41) is 11.3. The van der Waals surface area contributed by atoms with Crippen LogP contribution in [-0.4, -0.2) is 17.3 Å². The molecule has 52 valence electrons. The Morgan fingerprint density at radius 1 is 1.56 bits per heavy atom. The van der Waals surface area contributed by atoms with E-state index in [1.54, 1.807) is 0 Å². The van der Waals surface area contributed by atoms with Gasteiger partial charge in [0.15, 0.2) is 11.4 Å². The molecule has 9 heavy (non-hydrogen) atoms. The molecule has 2 atom stereocenters. The van der Waals surface area contributed by atoms with Gasteiger partial charge in [-0.1, -0.05) is 0 Å². The van der Waals surface area contributed by atoms with Crippen LogP contribution in [0.3, 0.4) is 0 Å². The van der Waals surface area contributed by atoms with Crippen LogP contribution in [0.25, 0.3) is 0 Å². The number of aliphatic hydroxyl groups is 1. The smallest absolute Gasteiger partial charge is 0.156 e. The van der Waals surface area contributed by atoms with Gasteiger partial charge >= 0.3 is 0 Å². The van der Waals surface area contributed by atoms with Gasteiger partial charge in [-0.25, -0.2) is 0 Å². The molecule has 0 radical (unpaired) electrons. The standard InChI is InChI=1S/C5H9NO3/c7-4-2-1-3-5(4)9-6-8/h4-5,7H,1-3H2. The largest absolute Gasteiger partial charge is 0.389 e. The fourth-order valence-electron chi connectivity index (χ4n) is 1.08. The van der Waals surface area contributed by atoms with Crippen LogP contribution in [0.4, 0.5) is 0 Å². The molecule has 0 aromatic carbocycles. The Hall–Kier alpha value is -0.640. The van der Waals surface area contributed by atoms with Crippen LogP contribution < -0.4 is 0 Å². The molecule has 1 N–H and O–H groups in total. The first-order chi connectivity index (χ1) is 4.34. The highest BCUT2D eigenvalue weighted by atomic mass is 16.7. The molecule has 4 heteroatoms. The zero-order chi connectivity index (χ0) is 6.69. The molecule has 0 saturated heterocycles. The minimum absolute atomic E-state index is 0.345. The molecule has 2 unspecified atom stereocenters. The summed E-state index contributed by atoms with van der Waals surface area (Å²) in [4.78, 5) is 13.9. The molecule has 4 nitrogen and oxygen atoms in total. The first-order valence-corrected chi connectivity index (χ1v) is 3.01. The lowest BCUT2D eigenvalue weighted by Gasteiger charge is -2.07. The summed E-state index contributed by atoms with van der Waals surface area (Å²) in [5.41, 5.74) is 0. The van der Waals surface area contributed by atoms with Crippen LogP contribution in [-0.2, 0) is 4.84 Å². The molecule has 0 aliphatic heterocycles. The quantitative estimate of drug-likeness (QED) is 0.441. The van der Waals surface area contributed by atoms with Crippen molar-refractivity contribution < 1.29 is 9.94 Å². The van der Waals surface area contributed by atoms with Gasteiger partial charge in [0.1, 0.15) is 0 Å². The highest BCUT2D eigenvalue weighted by molar-refractivity contribution is 4.76. The predicted molar refractivity (Wildman–Crippen MR) is 30.5 cm³/mol. The van der Waals surface area contributed by atoms with E-state index in [1.807, 2.05) is 0 Å². The van der Waals surface area contributed by atoms with Gasteiger partial charge < -0.3 is 9.94 Å². The molecule has 0 bridgehead atoms. The predicted octanol–water partition coefficient (Wildman–Crippen LogP) is 0.598. The van der Waals surface area contributed by atoms with Gasteiger partial charge in [0.25, 0.3) is 0 Å². The molecule has 0 amide bonds. The molecule has 1 fully saturated rings. The van der Waals surface area contributed by atoms with Crippen molar-refractivity contribution in [3.63, 3.8) is 0 Å². The molecule has 0 heterocycles. The van der Waals surface area contributed by atoms with Gasteiger partial charge in [-0.05, 0) is 19.3 Å². The van der Waals surface area contributed by atoms with E-state index in [1.165, 1.54) is 0 Å². The normalized spacial score (nSPS) is 34.3. The summed E-state index contributed by atoms with van der Waals surface area (Å²) in [6.45, 7) is 0. The van der Waals surface area contributed by atoms with Crippen molar-refractivity contribution >= 4 is 0 Å². The van der Waals surface area contributed by atoms with Crippen molar-refractivity contribution in [3.8, 4) is 0 Å². The summed E-state index contributed by atoms with van der Waals surface area (Å²) >= 11 is 0.